The lowest BCUT2D eigenvalue weighted by Gasteiger charge is -2.47. The van der Waals surface area contributed by atoms with Gasteiger partial charge in [-0.1, -0.05) is 0 Å². The average Bonchev–Trinajstić information content (AvgIpc) is 3.19. The molecule has 1 saturated heterocycles. The van der Waals surface area contributed by atoms with E-state index in [4.69, 9.17) is 4.74 Å². The number of rotatable bonds is 3. The van der Waals surface area contributed by atoms with E-state index in [1.165, 1.54) is 44.9 Å². The Morgan fingerprint density at radius 3 is 2.86 bits per heavy atom. The van der Waals surface area contributed by atoms with Gasteiger partial charge in [0.15, 0.2) is 0 Å². The highest BCUT2D eigenvalue weighted by atomic mass is 16.5. The monoisotopic (exact) mass is 289 g/mol. The van der Waals surface area contributed by atoms with Crippen molar-refractivity contribution < 1.29 is 4.74 Å². The molecule has 0 aromatic carbocycles. The molecule has 4 nitrogen and oxygen atoms in total. The molecular weight excluding hydrogens is 262 g/mol. The lowest BCUT2D eigenvalue weighted by Crippen LogP contribution is -2.58. The molecule has 116 valence electrons. The van der Waals surface area contributed by atoms with Gasteiger partial charge in [-0.25, -0.2) is 0 Å². The fourth-order valence-electron chi connectivity index (χ4n) is 4.82. The molecule has 4 unspecified atom stereocenters. The van der Waals surface area contributed by atoms with Crippen LogP contribution >= 0.6 is 0 Å². The van der Waals surface area contributed by atoms with Gasteiger partial charge in [0.05, 0.1) is 18.8 Å². The van der Waals surface area contributed by atoms with Gasteiger partial charge in [-0.2, -0.15) is 5.26 Å². The van der Waals surface area contributed by atoms with Crippen LogP contribution < -0.4 is 5.32 Å². The second-order valence-electron chi connectivity index (χ2n) is 7.51. The van der Waals surface area contributed by atoms with Crippen LogP contribution in [0.3, 0.4) is 0 Å². The van der Waals surface area contributed by atoms with Gasteiger partial charge in [-0.05, 0) is 57.8 Å². The lowest BCUT2D eigenvalue weighted by molar-refractivity contribution is -0.0800. The maximum absolute atomic E-state index is 9.77. The first kappa shape index (κ1) is 14.0. The van der Waals surface area contributed by atoms with E-state index in [1.807, 2.05) is 0 Å². The van der Waals surface area contributed by atoms with Gasteiger partial charge in [-0.15, -0.1) is 0 Å². The van der Waals surface area contributed by atoms with E-state index in [-0.39, 0.29) is 5.54 Å². The quantitative estimate of drug-likeness (QED) is 0.865. The van der Waals surface area contributed by atoms with E-state index < -0.39 is 0 Å². The number of nitrogens with zero attached hydrogens (tertiary/aromatic N) is 2. The second kappa shape index (κ2) is 5.53. The first-order valence-electron chi connectivity index (χ1n) is 8.86. The zero-order valence-corrected chi connectivity index (χ0v) is 12.9. The molecule has 0 aromatic heterocycles. The van der Waals surface area contributed by atoms with Crippen molar-refractivity contribution in [2.45, 2.75) is 87.6 Å². The van der Waals surface area contributed by atoms with E-state index in [0.29, 0.717) is 24.2 Å². The topological polar surface area (TPSA) is 48.3 Å². The van der Waals surface area contributed by atoms with Crippen LogP contribution in [0.1, 0.15) is 57.8 Å². The Hall–Kier alpha value is -0.630. The SMILES string of the molecule is N#CC1(NC2CC2)CCCC(N2CCOC3CCCC32)C1. The number of fused-ring (bicyclic) bond motifs is 1. The molecule has 21 heavy (non-hydrogen) atoms. The molecule has 4 heteroatoms. The minimum Gasteiger partial charge on any atom is -0.375 e. The molecule has 0 bridgehead atoms. The molecular formula is C17H27N3O. The zero-order chi connectivity index (χ0) is 14.3. The summed E-state index contributed by atoms with van der Waals surface area (Å²) in [5.74, 6) is 0. The minimum atomic E-state index is -0.253. The molecule has 3 saturated carbocycles. The van der Waals surface area contributed by atoms with E-state index in [9.17, 15) is 5.26 Å². The van der Waals surface area contributed by atoms with E-state index in [1.54, 1.807) is 0 Å². The van der Waals surface area contributed by atoms with E-state index in [0.717, 1.165) is 26.0 Å². The fourth-order valence-corrected chi connectivity index (χ4v) is 4.82. The number of nitrogens with one attached hydrogen (secondary N) is 1. The van der Waals surface area contributed by atoms with Crippen LogP contribution in [-0.2, 0) is 4.74 Å². The van der Waals surface area contributed by atoms with E-state index in [2.05, 4.69) is 16.3 Å². The van der Waals surface area contributed by atoms with Crippen LogP contribution in [0.5, 0.6) is 0 Å². The van der Waals surface area contributed by atoms with E-state index >= 15 is 0 Å². The Morgan fingerprint density at radius 2 is 2.05 bits per heavy atom. The van der Waals surface area contributed by atoms with Crippen molar-refractivity contribution in [2.75, 3.05) is 13.2 Å². The van der Waals surface area contributed by atoms with Crippen molar-refractivity contribution >= 4 is 0 Å². The Bertz CT molecular complexity index is 430. The lowest BCUT2D eigenvalue weighted by atomic mass is 9.78. The summed E-state index contributed by atoms with van der Waals surface area (Å²) in [6.07, 6.45) is 11.3. The zero-order valence-electron chi connectivity index (χ0n) is 12.9. The first-order chi connectivity index (χ1) is 10.3. The Morgan fingerprint density at radius 1 is 1.14 bits per heavy atom. The summed E-state index contributed by atoms with van der Waals surface area (Å²) in [6.45, 7) is 1.95. The van der Waals surface area contributed by atoms with Gasteiger partial charge in [0.1, 0.15) is 5.54 Å². The third-order valence-corrected chi connectivity index (χ3v) is 5.99. The third kappa shape index (κ3) is 2.72. The summed E-state index contributed by atoms with van der Waals surface area (Å²) in [6, 6.07) is 4.47. The highest BCUT2D eigenvalue weighted by molar-refractivity contribution is 5.14. The molecule has 1 heterocycles. The van der Waals surface area contributed by atoms with Crippen molar-refractivity contribution in [1.29, 1.82) is 5.26 Å². The summed E-state index contributed by atoms with van der Waals surface area (Å²) in [5, 5.41) is 13.4. The normalized spacial score (nSPS) is 44.2. The van der Waals surface area contributed by atoms with Crippen LogP contribution in [0.25, 0.3) is 0 Å². The Balaban J connectivity index is 1.47. The van der Waals surface area contributed by atoms with Crippen molar-refractivity contribution in [3.8, 4) is 6.07 Å². The molecule has 4 aliphatic rings. The number of ether oxygens (including phenoxy) is 1. The van der Waals surface area contributed by atoms with Crippen molar-refractivity contribution in [3.63, 3.8) is 0 Å². The summed E-state index contributed by atoms with van der Waals surface area (Å²) in [5.41, 5.74) is -0.253. The minimum absolute atomic E-state index is 0.253. The maximum atomic E-state index is 9.77. The molecule has 1 N–H and O–H groups in total. The standard InChI is InChI=1S/C17H27N3O/c18-12-17(19-13-6-7-13)8-2-3-14(11-17)20-9-10-21-16-5-1-4-15(16)20/h13-16,19H,1-11H2. The molecule has 1 aliphatic heterocycles. The van der Waals surface area contributed by atoms with Crippen molar-refractivity contribution in [3.05, 3.63) is 0 Å². The smallest absolute Gasteiger partial charge is 0.108 e. The van der Waals surface area contributed by atoms with Crippen LogP contribution in [-0.4, -0.2) is 47.8 Å². The Kier molecular flexibility index (Phi) is 3.69. The van der Waals surface area contributed by atoms with Crippen LogP contribution in [0.15, 0.2) is 0 Å². The van der Waals surface area contributed by atoms with Crippen molar-refractivity contribution in [2.24, 2.45) is 0 Å². The molecule has 3 aliphatic carbocycles. The van der Waals surface area contributed by atoms with Crippen LogP contribution in [0.4, 0.5) is 0 Å². The molecule has 4 rings (SSSR count). The van der Waals surface area contributed by atoms with Crippen molar-refractivity contribution in [1.82, 2.24) is 10.2 Å². The van der Waals surface area contributed by atoms with Gasteiger partial charge in [-0.3, -0.25) is 10.2 Å². The maximum Gasteiger partial charge on any atom is 0.108 e. The summed E-state index contributed by atoms with van der Waals surface area (Å²) < 4.78 is 5.95. The molecule has 0 radical (unpaired) electrons. The van der Waals surface area contributed by atoms with Gasteiger partial charge < -0.3 is 4.74 Å². The summed E-state index contributed by atoms with van der Waals surface area (Å²) in [4.78, 5) is 2.71. The van der Waals surface area contributed by atoms with Gasteiger partial charge >= 0.3 is 0 Å². The molecule has 4 fully saturated rings. The largest absolute Gasteiger partial charge is 0.375 e. The number of hydrogen-bond acceptors (Lipinski definition) is 4. The van der Waals surface area contributed by atoms with Gasteiger partial charge in [0, 0.05) is 24.7 Å². The van der Waals surface area contributed by atoms with Crippen LogP contribution in [0.2, 0.25) is 0 Å². The number of hydrogen-bond donors (Lipinski definition) is 1. The molecule has 0 spiro atoms. The highest BCUT2D eigenvalue weighted by Gasteiger charge is 2.45. The molecule has 4 atom stereocenters. The summed E-state index contributed by atoms with van der Waals surface area (Å²) in [7, 11) is 0. The van der Waals surface area contributed by atoms with Gasteiger partial charge in [0.2, 0.25) is 0 Å². The average molecular weight is 289 g/mol. The highest BCUT2D eigenvalue weighted by Crippen LogP contribution is 2.38. The summed E-state index contributed by atoms with van der Waals surface area (Å²) >= 11 is 0. The third-order valence-electron chi connectivity index (χ3n) is 5.99. The predicted octanol–water partition coefficient (Wildman–Crippen LogP) is 2.20. The Labute approximate surface area is 127 Å². The second-order valence-corrected chi connectivity index (χ2v) is 7.51. The van der Waals surface area contributed by atoms with Gasteiger partial charge in [0.25, 0.3) is 0 Å². The number of nitriles is 1. The predicted molar refractivity (Wildman–Crippen MR) is 80.8 cm³/mol. The number of morpholine rings is 1. The first-order valence-corrected chi connectivity index (χ1v) is 8.86. The van der Waals surface area contributed by atoms with Crippen LogP contribution in [0, 0.1) is 11.3 Å². The molecule has 0 amide bonds. The molecule has 0 aromatic rings. The fraction of sp³-hybridized carbons (Fsp3) is 0.941.